The van der Waals surface area contributed by atoms with Crippen molar-refractivity contribution in [3.63, 3.8) is 0 Å². The van der Waals surface area contributed by atoms with Crippen LogP contribution in [0, 0.1) is 0 Å². The van der Waals surface area contributed by atoms with Gasteiger partial charge in [-0.05, 0) is 68.6 Å². The van der Waals surface area contributed by atoms with Crippen molar-refractivity contribution in [3.8, 4) is 0 Å². The van der Waals surface area contributed by atoms with Gasteiger partial charge in [0.15, 0.2) is 0 Å². The summed E-state index contributed by atoms with van der Waals surface area (Å²) < 4.78 is 0. The zero-order valence-electron chi connectivity index (χ0n) is 12.0. The number of aryl methyl sites for hydroxylation is 2. The minimum atomic E-state index is 0.438. The molecule has 0 radical (unpaired) electrons. The van der Waals surface area contributed by atoms with Crippen molar-refractivity contribution in [3.05, 3.63) is 34.9 Å². The second kappa shape index (κ2) is 5.64. The van der Waals surface area contributed by atoms with E-state index in [2.05, 4.69) is 30.4 Å². The van der Waals surface area contributed by atoms with Crippen LogP contribution in [0.4, 0.5) is 0 Å². The molecule has 1 fully saturated rings. The fourth-order valence-corrected chi connectivity index (χ4v) is 3.60. The number of fused-ring (bicyclic) bond motifs is 1. The third-order valence-electron chi connectivity index (χ3n) is 4.88. The standard InChI is InChI=1S/C17H26N2/c1-12(19-17-9-7-16(18)8-10-17)14-6-5-13-3-2-4-15(13)11-14/h5-6,11-12,16-17,19H,2-4,7-10,18H2,1H3. The minimum absolute atomic E-state index is 0.438. The van der Waals surface area contributed by atoms with E-state index >= 15 is 0 Å². The molecule has 1 aromatic rings. The second-order valence-corrected chi connectivity index (χ2v) is 6.38. The Hall–Kier alpha value is -0.860. The quantitative estimate of drug-likeness (QED) is 0.874. The SMILES string of the molecule is CC(NC1CCC(N)CC1)c1ccc2c(c1)CCC2. The Morgan fingerprint density at radius 2 is 1.84 bits per heavy atom. The van der Waals surface area contributed by atoms with Crippen LogP contribution in [0.25, 0.3) is 0 Å². The molecule has 2 nitrogen and oxygen atoms in total. The monoisotopic (exact) mass is 258 g/mol. The van der Waals surface area contributed by atoms with Gasteiger partial charge < -0.3 is 11.1 Å². The molecule has 104 valence electrons. The van der Waals surface area contributed by atoms with Crippen molar-refractivity contribution in [1.29, 1.82) is 0 Å². The van der Waals surface area contributed by atoms with Gasteiger partial charge in [0.2, 0.25) is 0 Å². The Labute approximate surface area is 116 Å². The van der Waals surface area contributed by atoms with Crippen LogP contribution in [0.15, 0.2) is 18.2 Å². The second-order valence-electron chi connectivity index (χ2n) is 6.38. The Morgan fingerprint density at radius 1 is 1.11 bits per heavy atom. The summed E-state index contributed by atoms with van der Waals surface area (Å²) in [6.45, 7) is 2.30. The van der Waals surface area contributed by atoms with E-state index in [9.17, 15) is 0 Å². The van der Waals surface area contributed by atoms with E-state index < -0.39 is 0 Å². The molecule has 0 heterocycles. The van der Waals surface area contributed by atoms with Gasteiger partial charge >= 0.3 is 0 Å². The summed E-state index contributed by atoms with van der Waals surface area (Å²) in [7, 11) is 0. The van der Waals surface area contributed by atoms with Gasteiger partial charge in [-0.25, -0.2) is 0 Å². The van der Waals surface area contributed by atoms with Crippen molar-refractivity contribution in [1.82, 2.24) is 5.32 Å². The molecule has 1 atom stereocenters. The first-order chi connectivity index (χ1) is 9.22. The lowest BCUT2D eigenvalue weighted by Crippen LogP contribution is -2.38. The van der Waals surface area contributed by atoms with Crippen LogP contribution in [-0.4, -0.2) is 12.1 Å². The predicted octanol–water partition coefficient (Wildman–Crippen LogP) is 3.10. The van der Waals surface area contributed by atoms with Gasteiger partial charge in [0.25, 0.3) is 0 Å². The molecule has 0 saturated heterocycles. The Balaban J connectivity index is 1.62. The highest BCUT2D eigenvalue weighted by Gasteiger charge is 2.21. The molecule has 2 aliphatic carbocycles. The summed E-state index contributed by atoms with van der Waals surface area (Å²) in [4.78, 5) is 0. The Bertz CT molecular complexity index is 433. The number of nitrogens with one attached hydrogen (secondary N) is 1. The number of hydrogen-bond acceptors (Lipinski definition) is 2. The van der Waals surface area contributed by atoms with Crippen molar-refractivity contribution in [2.75, 3.05) is 0 Å². The lowest BCUT2D eigenvalue weighted by Gasteiger charge is -2.30. The minimum Gasteiger partial charge on any atom is -0.328 e. The average Bonchev–Trinajstić information content (AvgIpc) is 2.88. The van der Waals surface area contributed by atoms with Gasteiger partial charge in [-0.15, -0.1) is 0 Å². The molecule has 0 aliphatic heterocycles. The number of nitrogens with two attached hydrogens (primary N) is 1. The lowest BCUT2D eigenvalue weighted by molar-refractivity contribution is 0.322. The maximum atomic E-state index is 5.97. The first-order valence-corrected chi connectivity index (χ1v) is 7.85. The molecular weight excluding hydrogens is 232 g/mol. The molecule has 3 rings (SSSR count). The largest absolute Gasteiger partial charge is 0.328 e. The van der Waals surface area contributed by atoms with Gasteiger partial charge in [0.1, 0.15) is 0 Å². The van der Waals surface area contributed by atoms with Crippen LogP contribution in [0.2, 0.25) is 0 Å². The van der Waals surface area contributed by atoms with E-state index in [1.807, 2.05) is 0 Å². The molecule has 0 spiro atoms. The van der Waals surface area contributed by atoms with Crippen LogP contribution in [0.1, 0.15) is 61.8 Å². The summed E-state index contributed by atoms with van der Waals surface area (Å²) >= 11 is 0. The maximum absolute atomic E-state index is 5.97. The highest BCUT2D eigenvalue weighted by molar-refractivity contribution is 5.36. The van der Waals surface area contributed by atoms with Crippen molar-refractivity contribution < 1.29 is 0 Å². The lowest BCUT2D eigenvalue weighted by atomic mass is 9.91. The Morgan fingerprint density at radius 3 is 2.63 bits per heavy atom. The number of benzene rings is 1. The highest BCUT2D eigenvalue weighted by Crippen LogP contribution is 2.26. The summed E-state index contributed by atoms with van der Waals surface area (Å²) in [6, 6.07) is 8.64. The molecule has 19 heavy (non-hydrogen) atoms. The van der Waals surface area contributed by atoms with E-state index in [1.165, 1.54) is 50.5 Å². The molecule has 2 heteroatoms. The third kappa shape index (κ3) is 3.01. The summed E-state index contributed by atoms with van der Waals surface area (Å²) in [5, 5.41) is 3.79. The smallest absolute Gasteiger partial charge is 0.0294 e. The molecule has 1 aromatic carbocycles. The van der Waals surface area contributed by atoms with E-state index in [0.717, 1.165) is 0 Å². The van der Waals surface area contributed by atoms with Crippen molar-refractivity contribution >= 4 is 0 Å². The fraction of sp³-hybridized carbons (Fsp3) is 0.647. The van der Waals surface area contributed by atoms with Gasteiger partial charge in [-0.2, -0.15) is 0 Å². The third-order valence-corrected chi connectivity index (χ3v) is 4.88. The van der Waals surface area contributed by atoms with Crippen LogP contribution < -0.4 is 11.1 Å². The normalized spacial score (nSPS) is 28.1. The van der Waals surface area contributed by atoms with Crippen molar-refractivity contribution in [2.24, 2.45) is 5.73 Å². The van der Waals surface area contributed by atoms with Crippen LogP contribution in [0.5, 0.6) is 0 Å². The molecule has 0 amide bonds. The van der Waals surface area contributed by atoms with Gasteiger partial charge in [-0.3, -0.25) is 0 Å². The predicted molar refractivity (Wildman–Crippen MR) is 80.2 cm³/mol. The van der Waals surface area contributed by atoms with E-state index in [0.29, 0.717) is 18.1 Å². The molecule has 3 N–H and O–H groups in total. The maximum Gasteiger partial charge on any atom is 0.0294 e. The fourth-order valence-electron chi connectivity index (χ4n) is 3.60. The molecule has 0 bridgehead atoms. The first-order valence-electron chi connectivity index (χ1n) is 7.85. The highest BCUT2D eigenvalue weighted by atomic mass is 14.9. The summed E-state index contributed by atoms with van der Waals surface area (Å²) in [6.07, 6.45) is 8.70. The van der Waals surface area contributed by atoms with Gasteiger partial charge in [0, 0.05) is 18.1 Å². The van der Waals surface area contributed by atoms with Gasteiger partial charge in [0.05, 0.1) is 0 Å². The molecule has 1 saturated carbocycles. The molecular formula is C17H26N2. The molecule has 2 aliphatic rings. The molecule has 1 unspecified atom stereocenters. The van der Waals surface area contributed by atoms with E-state index in [4.69, 9.17) is 5.73 Å². The topological polar surface area (TPSA) is 38.0 Å². The van der Waals surface area contributed by atoms with Crippen LogP contribution in [-0.2, 0) is 12.8 Å². The summed E-state index contributed by atoms with van der Waals surface area (Å²) in [5.41, 5.74) is 10.6. The van der Waals surface area contributed by atoms with Crippen molar-refractivity contribution in [2.45, 2.75) is 70.0 Å². The zero-order chi connectivity index (χ0) is 13.2. The Kier molecular flexibility index (Phi) is 3.90. The van der Waals surface area contributed by atoms with E-state index in [1.54, 1.807) is 11.1 Å². The van der Waals surface area contributed by atoms with Gasteiger partial charge in [-0.1, -0.05) is 18.2 Å². The zero-order valence-corrected chi connectivity index (χ0v) is 12.0. The average molecular weight is 258 g/mol. The van der Waals surface area contributed by atoms with Crippen LogP contribution >= 0.6 is 0 Å². The van der Waals surface area contributed by atoms with Crippen LogP contribution in [0.3, 0.4) is 0 Å². The number of rotatable bonds is 3. The molecule has 0 aromatic heterocycles. The summed E-state index contributed by atoms with van der Waals surface area (Å²) in [5.74, 6) is 0. The first kappa shape index (κ1) is 13.1. The van der Waals surface area contributed by atoms with E-state index in [-0.39, 0.29) is 0 Å². The number of hydrogen-bond donors (Lipinski definition) is 2.